The number of carbonyl (C=O) groups is 1. The van der Waals surface area contributed by atoms with E-state index in [0.29, 0.717) is 31.6 Å². The molecule has 0 aliphatic carbocycles. The number of thioether (sulfide) groups is 1. The molecule has 2 fully saturated rings. The molecule has 35 heavy (non-hydrogen) atoms. The van der Waals surface area contributed by atoms with Crippen molar-refractivity contribution in [3.63, 3.8) is 0 Å². The van der Waals surface area contributed by atoms with E-state index in [9.17, 15) is 21.6 Å². The fourth-order valence-electron chi connectivity index (χ4n) is 4.46. The molecule has 2 aromatic rings. The van der Waals surface area contributed by atoms with Crippen LogP contribution in [-0.4, -0.2) is 63.8 Å². The van der Waals surface area contributed by atoms with Gasteiger partial charge in [0.2, 0.25) is 26.0 Å². The van der Waals surface area contributed by atoms with Gasteiger partial charge in [-0.3, -0.25) is 4.79 Å². The van der Waals surface area contributed by atoms with Crippen LogP contribution in [0, 0.1) is 5.92 Å². The minimum atomic E-state index is -3.59. The average Bonchev–Trinajstić information content (AvgIpc) is 2.89. The Bertz CT molecular complexity index is 1230. The van der Waals surface area contributed by atoms with Crippen molar-refractivity contribution in [1.82, 2.24) is 8.61 Å². The molecular formula is C24H31N3O5S3. The number of nitrogens with zero attached hydrogens (tertiary/aromatic N) is 2. The molecule has 2 aliphatic heterocycles. The van der Waals surface area contributed by atoms with E-state index >= 15 is 0 Å². The Morgan fingerprint density at radius 1 is 0.771 bits per heavy atom. The molecule has 8 nitrogen and oxygen atoms in total. The zero-order valence-corrected chi connectivity index (χ0v) is 22.2. The van der Waals surface area contributed by atoms with Gasteiger partial charge in [0.15, 0.2) is 0 Å². The molecule has 0 saturated carbocycles. The summed E-state index contributed by atoms with van der Waals surface area (Å²) >= 11 is 1.55. The molecule has 0 atom stereocenters. The second-order valence-corrected chi connectivity index (χ2v) is 13.6. The molecular weight excluding hydrogens is 506 g/mol. The van der Waals surface area contributed by atoms with E-state index in [0.717, 1.165) is 24.2 Å². The van der Waals surface area contributed by atoms with E-state index < -0.39 is 20.0 Å². The van der Waals surface area contributed by atoms with Crippen molar-refractivity contribution in [1.29, 1.82) is 0 Å². The largest absolute Gasteiger partial charge is 0.326 e. The Morgan fingerprint density at radius 2 is 1.26 bits per heavy atom. The molecule has 0 bridgehead atoms. The van der Waals surface area contributed by atoms with E-state index in [1.807, 2.05) is 6.26 Å². The van der Waals surface area contributed by atoms with Crippen molar-refractivity contribution >= 4 is 43.4 Å². The molecule has 0 spiro atoms. The van der Waals surface area contributed by atoms with Gasteiger partial charge in [-0.1, -0.05) is 6.42 Å². The summed E-state index contributed by atoms with van der Waals surface area (Å²) in [7, 11) is -7.11. The Morgan fingerprint density at radius 3 is 1.77 bits per heavy atom. The van der Waals surface area contributed by atoms with E-state index in [2.05, 4.69) is 5.32 Å². The van der Waals surface area contributed by atoms with Gasteiger partial charge in [-0.25, -0.2) is 16.8 Å². The predicted octanol–water partition coefficient (Wildman–Crippen LogP) is 3.62. The summed E-state index contributed by atoms with van der Waals surface area (Å²) in [5, 5.41) is 2.85. The second-order valence-electron chi connectivity index (χ2n) is 8.83. The average molecular weight is 538 g/mol. The molecule has 4 rings (SSSR count). The van der Waals surface area contributed by atoms with Crippen molar-refractivity contribution in [3.05, 3.63) is 48.5 Å². The lowest BCUT2D eigenvalue weighted by Gasteiger charge is -2.30. The molecule has 11 heteroatoms. The quantitative estimate of drug-likeness (QED) is 0.541. The minimum absolute atomic E-state index is 0.182. The van der Waals surface area contributed by atoms with Crippen LogP contribution >= 0.6 is 11.8 Å². The van der Waals surface area contributed by atoms with Gasteiger partial charge < -0.3 is 5.32 Å². The van der Waals surface area contributed by atoms with Gasteiger partial charge in [-0.2, -0.15) is 8.61 Å². The van der Waals surface area contributed by atoms with Crippen molar-refractivity contribution in [2.45, 2.75) is 46.8 Å². The monoisotopic (exact) mass is 537 g/mol. The van der Waals surface area contributed by atoms with Gasteiger partial charge in [0, 0.05) is 42.7 Å². The number of anilines is 1. The highest BCUT2D eigenvalue weighted by Gasteiger charge is 2.32. The van der Waals surface area contributed by atoms with Crippen LogP contribution in [-0.2, 0) is 24.8 Å². The maximum atomic E-state index is 12.9. The number of hydrogen-bond acceptors (Lipinski definition) is 6. The SMILES string of the molecule is CSc1ccc(S(=O)(=O)N2CCC(C(=O)Nc3ccc(S(=O)(=O)N4CCCCC4)cc3)CC2)cc1. The maximum absolute atomic E-state index is 12.9. The molecule has 2 aromatic carbocycles. The molecule has 2 aliphatic rings. The smallest absolute Gasteiger partial charge is 0.243 e. The molecule has 190 valence electrons. The van der Waals surface area contributed by atoms with Crippen LogP contribution in [0.2, 0.25) is 0 Å². The molecule has 0 aromatic heterocycles. The Balaban J connectivity index is 1.33. The van der Waals surface area contributed by atoms with Crippen LogP contribution in [0.15, 0.2) is 63.2 Å². The van der Waals surface area contributed by atoms with Crippen LogP contribution in [0.5, 0.6) is 0 Å². The molecule has 2 saturated heterocycles. The highest BCUT2D eigenvalue weighted by atomic mass is 32.2. The number of carbonyl (C=O) groups excluding carboxylic acids is 1. The number of hydrogen-bond donors (Lipinski definition) is 1. The van der Waals surface area contributed by atoms with E-state index in [4.69, 9.17) is 0 Å². The first kappa shape index (κ1) is 26.2. The fraction of sp³-hybridized carbons (Fsp3) is 0.458. The van der Waals surface area contributed by atoms with Crippen LogP contribution < -0.4 is 5.32 Å². The first-order chi connectivity index (χ1) is 16.7. The standard InChI is InChI=1S/C24H31N3O5S3/c1-33-21-7-11-23(12-8-21)35(31,32)27-17-13-19(14-18-27)24(28)25-20-5-9-22(10-6-20)34(29,30)26-15-3-2-4-16-26/h5-12,19H,2-4,13-18H2,1H3,(H,25,28). The van der Waals surface area contributed by atoms with Crippen LogP contribution in [0.25, 0.3) is 0 Å². The molecule has 1 N–H and O–H groups in total. The lowest BCUT2D eigenvalue weighted by molar-refractivity contribution is -0.120. The van der Waals surface area contributed by atoms with Gasteiger partial charge in [0.25, 0.3) is 0 Å². The van der Waals surface area contributed by atoms with Gasteiger partial charge >= 0.3 is 0 Å². The maximum Gasteiger partial charge on any atom is 0.243 e. The number of rotatable bonds is 7. The number of sulfonamides is 2. The Kier molecular flexibility index (Phi) is 8.22. The normalized spacial score (nSPS) is 18.9. The zero-order valence-electron chi connectivity index (χ0n) is 19.7. The summed E-state index contributed by atoms with van der Waals surface area (Å²) in [5.74, 6) is -0.491. The number of nitrogens with one attached hydrogen (secondary N) is 1. The van der Waals surface area contributed by atoms with E-state index in [1.54, 1.807) is 48.2 Å². The third-order valence-electron chi connectivity index (χ3n) is 6.60. The number of piperidine rings is 2. The summed E-state index contributed by atoms with van der Waals surface area (Å²) < 4.78 is 54.4. The third-order valence-corrected chi connectivity index (χ3v) is 11.2. The third kappa shape index (κ3) is 5.91. The first-order valence-corrected chi connectivity index (χ1v) is 15.9. The summed E-state index contributed by atoms with van der Waals surface area (Å²) in [6, 6.07) is 13.1. The van der Waals surface area contributed by atoms with Crippen LogP contribution in [0.3, 0.4) is 0 Å². The second kappa shape index (κ2) is 11.0. The Labute approximate surface area is 212 Å². The van der Waals surface area contributed by atoms with Crippen molar-refractivity contribution in [3.8, 4) is 0 Å². The van der Waals surface area contributed by atoms with Gasteiger partial charge in [-0.15, -0.1) is 11.8 Å². The van der Waals surface area contributed by atoms with Crippen molar-refractivity contribution in [2.24, 2.45) is 5.92 Å². The molecule has 1 amide bonds. The highest BCUT2D eigenvalue weighted by molar-refractivity contribution is 7.98. The topological polar surface area (TPSA) is 104 Å². The summed E-state index contributed by atoms with van der Waals surface area (Å²) in [4.78, 5) is 14.3. The van der Waals surface area contributed by atoms with Crippen LogP contribution in [0.1, 0.15) is 32.1 Å². The lowest BCUT2D eigenvalue weighted by Crippen LogP contribution is -2.41. The first-order valence-electron chi connectivity index (χ1n) is 11.8. The fourth-order valence-corrected chi connectivity index (χ4v) is 7.86. The van der Waals surface area contributed by atoms with Crippen molar-refractivity contribution < 1.29 is 21.6 Å². The molecule has 2 heterocycles. The lowest BCUT2D eigenvalue weighted by atomic mass is 9.97. The van der Waals surface area contributed by atoms with Gasteiger partial charge in [0.05, 0.1) is 9.79 Å². The van der Waals surface area contributed by atoms with Gasteiger partial charge in [0.1, 0.15) is 0 Å². The van der Waals surface area contributed by atoms with Gasteiger partial charge in [-0.05, 0) is 80.5 Å². The molecule has 0 unspecified atom stereocenters. The highest BCUT2D eigenvalue weighted by Crippen LogP contribution is 2.27. The summed E-state index contributed by atoms with van der Waals surface area (Å²) in [6.07, 6.45) is 5.58. The number of amides is 1. The van der Waals surface area contributed by atoms with Crippen LogP contribution in [0.4, 0.5) is 5.69 Å². The zero-order chi connectivity index (χ0) is 25.1. The Hall–Kier alpha value is -1.92. The summed E-state index contributed by atoms with van der Waals surface area (Å²) in [5.41, 5.74) is 0.525. The van der Waals surface area contributed by atoms with E-state index in [-0.39, 0.29) is 34.7 Å². The summed E-state index contributed by atoms with van der Waals surface area (Å²) in [6.45, 7) is 1.63. The molecule has 0 radical (unpaired) electrons. The minimum Gasteiger partial charge on any atom is -0.326 e. The predicted molar refractivity (Wildman–Crippen MR) is 137 cm³/mol. The van der Waals surface area contributed by atoms with Crippen molar-refractivity contribution in [2.75, 3.05) is 37.8 Å². The van der Waals surface area contributed by atoms with E-state index in [1.165, 1.54) is 20.7 Å². The number of benzene rings is 2.